The van der Waals surface area contributed by atoms with Crippen molar-refractivity contribution in [3.05, 3.63) is 57.6 Å². The molecule has 0 spiro atoms. The molecule has 9 nitrogen and oxygen atoms in total. The van der Waals surface area contributed by atoms with E-state index in [4.69, 9.17) is 0 Å². The van der Waals surface area contributed by atoms with E-state index in [1.165, 1.54) is 0 Å². The first-order valence-electron chi connectivity index (χ1n) is 9.55. The minimum absolute atomic E-state index is 0.127. The van der Waals surface area contributed by atoms with Crippen molar-refractivity contribution in [2.75, 3.05) is 13.1 Å². The molecule has 0 radical (unpaired) electrons. The van der Waals surface area contributed by atoms with E-state index in [1.54, 1.807) is 24.3 Å². The SMILES string of the molecule is O=C(NCCc1cc(CO)c(O)c(CO)c1)NCCc1cc(CO)c(O)c(CO)c1. The molecule has 164 valence electrons. The quantitative estimate of drug-likeness (QED) is 0.271. The largest absolute Gasteiger partial charge is 0.507 e. The van der Waals surface area contributed by atoms with Gasteiger partial charge in [0.05, 0.1) is 26.4 Å². The highest BCUT2D eigenvalue weighted by Crippen LogP contribution is 2.26. The smallest absolute Gasteiger partial charge is 0.314 e. The Morgan fingerprint density at radius 1 is 0.633 bits per heavy atom. The number of urea groups is 1. The average molecular weight is 420 g/mol. The van der Waals surface area contributed by atoms with Gasteiger partial charge in [0.15, 0.2) is 0 Å². The van der Waals surface area contributed by atoms with Crippen molar-refractivity contribution >= 4 is 6.03 Å². The topological polar surface area (TPSA) is 163 Å². The molecular weight excluding hydrogens is 392 g/mol. The number of amides is 2. The molecule has 30 heavy (non-hydrogen) atoms. The second-order valence-electron chi connectivity index (χ2n) is 6.84. The molecule has 0 atom stereocenters. The molecule has 0 aliphatic carbocycles. The van der Waals surface area contributed by atoms with Crippen molar-refractivity contribution in [3.63, 3.8) is 0 Å². The minimum Gasteiger partial charge on any atom is -0.507 e. The number of aliphatic hydroxyl groups excluding tert-OH is 4. The number of hydrogen-bond acceptors (Lipinski definition) is 7. The standard InChI is InChI=1S/C21H28N2O7/c24-9-15-5-13(6-16(10-25)19(15)28)1-3-22-21(30)23-4-2-14-7-17(11-26)20(29)18(8-14)12-27/h5-8,24-29H,1-4,9-12H2,(H2,22,23,30). The molecule has 9 heteroatoms. The molecule has 2 aromatic carbocycles. The van der Waals surface area contributed by atoms with Gasteiger partial charge in [-0.3, -0.25) is 0 Å². The lowest BCUT2D eigenvalue weighted by molar-refractivity contribution is 0.241. The van der Waals surface area contributed by atoms with Gasteiger partial charge in [0.25, 0.3) is 0 Å². The van der Waals surface area contributed by atoms with E-state index in [1.807, 2.05) is 0 Å². The average Bonchev–Trinajstić information content (AvgIpc) is 2.75. The number of aromatic hydroxyl groups is 2. The van der Waals surface area contributed by atoms with Crippen LogP contribution in [0.1, 0.15) is 33.4 Å². The van der Waals surface area contributed by atoms with Crippen LogP contribution in [-0.4, -0.2) is 49.8 Å². The molecule has 0 fully saturated rings. The summed E-state index contributed by atoms with van der Waals surface area (Å²) in [4.78, 5) is 12.0. The van der Waals surface area contributed by atoms with Crippen molar-refractivity contribution in [3.8, 4) is 11.5 Å². The summed E-state index contributed by atoms with van der Waals surface area (Å²) < 4.78 is 0. The lowest BCUT2D eigenvalue weighted by Gasteiger charge is -2.12. The number of benzene rings is 2. The molecule has 0 heterocycles. The van der Waals surface area contributed by atoms with Crippen LogP contribution in [0, 0.1) is 0 Å². The number of phenols is 2. The van der Waals surface area contributed by atoms with Crippen molar-refractivity contribution in [1.82, 2.24) is 10.6 Å². The first-order chi connectivity index (χ1) is 14.4. The van der Waals surface area contributed by atoms with E-state index in [-0.39, 0.29) is 44.0 Å². The highest BCUT2D eigenvalue weighted by atomic mass is 16.3. The first-order valence-corrected chi connectivity index (χ1v) is 9.55. The fourth-order valence-electron chi connectivity index (χ4n) is 3.14. The van der Waals surface area contributed by atoms with Crippen LogP contribution < -0.4 is 10.6 Å². The molecule has 0 bridgehead atoms. The van der Waals surface area contributed by atoms with E-state index in [9.17, 15) is 35.4 Å². The second-order valence-corrected chi connectivity index (χ2v) is 6.84. The number of carbonyl (C=O) groups is 1. The number of carbonyl (C=O) groups excluding carboxylic acids is 1. The molecule has 0 aromatic heterocycles. The Hall–Kier alpha value is -2.85. The van der Waals surface area contributed by atoms with E-state index < -0.39 is 0 Å². The molecule has 2 aromatic rings. The lowest BCUT2D eigenvalue weighted by Crippen LogP contribution is -2.37. The molecule has 0 aliphatic heterocycles. The fourth-order valence-corrected chi connectivity index (χ4v) is 3.14. The number of rotatable bonds is 10. The van der Waals surface area contributed by atoms with Gasteiger partial charge in [0.1, 0.15) is 11.5 Å². The van der Waals surface area contributed by atoms with Gasteiger partial charge in [-0.1, -0.05) is 0 Å². The third-order valence-electron chi connectivity index (χ3n) is 4.74. The predicted molar refractivity (Wildman–Crippen MR) is 109 cm³/mol. The summed E-state index contributed by atoms with van der Waals surface area (Å²) in [6.07, 6.45) is 0.900. The maximum atomic E-state index is 12.0. The van der Waals surface area contributed by atoms with Crippen molar-refractivity contribution in [1.29, 1.82) is 0 Å². The summed E-state index contributed by atoms with van der Waals surface area (Å²) in [6, 6.07) is 6.11. The maximum Gasteiger partial charge on any atom is 0.314 e. The lowest BCUT2D eigenvalue weighted by atomic mass is 10.0. The first kappa shape index (κ1) is 23.4. The summed E-state index contributed by atoms with van der Waals surface area (Å²) in [5.74, 6) is -0.255. The van der Waals surface area contributed by atoms with E-state index in [0.29, 0.717) is 48.2 Å². The number of nitrogens with one attached hydrogen (secondary N) is 2. The highest BCUT2D eigenvalue weighted by Gasteiger charge is 2.11. The van der Waals surface area contributed by atoms with Crippen LogP contribution >= 0.6 is 0 Å². The van der Waals surface area contributed by atoms with E-state index in [0.717, 1.165) is 11.1 Å². The Bertz CT molecular complexity index is 751. The number of aliphatic hydroxyl groups is 4. The minimum atomic E-state index is -0.373. The van der Waals surface area contributed by atoms with Crippen LogP contribution in [0.4, 0.5) is 4.79 Å². The molecule has 0 unspecified atom stereocenters. The molecule has 0 saturated carbocycles. The van der Waals surface area contributed by atoms with Gasteiger partial charge < -0.3 is 41.3 Å². The van der Waals surface area contributed by atoms with Gasteiger partial charge in [-0.15, -0.1) is 0 Å². The molecule has 8 N–H and O–H groups in total. The normalized spacial score (nSPS) is 10.8. The molecule has 0 aliphatic rings. The van der Waals surface area contributed by atoms with Gasteiger partial charge in [-0.05, 0) is 48.2 Å². The van der Waals surface area contributed by atoms with Gasteiger partial charge in [-0.2, -0.15) is 0 Å². The van der Waals surface area contributed by atoms with Crippen molar-refractivity contribution in [2.45, 2.75) is 39.3 Å². The zero-order valence-electron chi connectivity index (χ0n) is 16.6. The summed E-state index contributed by atoms with van der Waals surface area (Å²) >= 11 is 0. The van der Waals surface area contributed by atoms with Crippen LogP contribution in [0.15, 0.2) is 24.3 Å². The van der Waals surface area contributed by atoms with E-state index in [2.05, 4.69) is 10.6 Å². The monoisotopic (exact) mass is 420 g/mol. The Morgan fingerprint density at radius 2 is 0.933 bits per heavy atom. The number of hydrogen-bond donors (Lipinski definition) is 8. The van der Waals surface area contributed by atoms with Crippen LogP contribution in [0.3, 0.4) is 0 Å². The van der Waals surface area contributed by atoms with Crippen molar-refractivity contribution in [2.24, 2.45) is 0 Å². The third-order valence-corrected chi connectivity index (χ3v) is 4.74. The molecule has 0 saturated heterocycles. The zero-order chi connectivity index (χ0) is 22.1. The van der Waals surface area contributed by atoms with Crippen molar-refractivity contribution < 1.29 is 35.4 Å². The van der Waals surface area contributed by atoms with E-state index >= 15 is 0 Å². The molecule has 2 rings (SSSR count). The fraction of sp³-hybridized carbons (Fsp3) is 0.381. The van der Waals surface area contributed by atoms with Gasteiger partial charge in [0.2, 0.25) is 0 Å². The van der Waals surface area contributed by atoms with Gasteiger partial charge in [0, 0.05) is 35.3 Å². The van der Waals surface area contributed by atoms with Crippen LogP contribution in [0.2, 0.25) is 0 Å². The summed E-state index contributed by atoms with van der Waals surface area (Å²) in [6.45, 7) is -0.785. The Kier molecular flexibility index (Phi) is 8.88. The van der Waals surface area contributed by atoms with Crippen LogP contribution in [0.25, 0.3) is 0 Å². The Balaban J connectivity index is 1.82. The van der Waals surface area contributed by atoms with Gasteiger partial charge in [-0.25, -0.2) is 4.79 Å². The summed E-state index contributed by atoms with van der Waals surface area (Å²) in [7, 11) is 0. The summed E-state index contributed by atoms with van der Waals surface area (Å²) in [5, 5.41) is 62.3. The zero-order valence-corrected chi connectivity index (χ0v) is 16.6. The van der Waals surface area contributed by atoms with Crippen LogP contribution in [0.5, 0.6) is 11.5 Å². The molecule has 2 amide bonds. The third kappa shape index (κ3) is 6.07. The maximum absolute atomic E-state index is 12.0. The Labute approximate surface area is 174 Å². The predicted octanol–water partition coefficient (Wildman–Crippen LogP) is 0.151. The molecular formula is C21H28N2O7. The summed E-state index contributed by atoms with van der Waals surface area (Å²) in [5.41, 5.74) is 2.80. The van der Waals surface area contributed by atoms with Crippen LogP contribution in [-0.2, 0) is 39.3 Å². The van der Waals surface area contributed by atoms with Gasteiger partial charge >= 0.3 is 6.03 Å². The Morgan fingerprint density at radius 3 is 1.20 bits per heavy atom. The second kappa shape index (κ2) is 11.4. The highest BCUT2D eigenvalue weighted by molar-refractivity contribution is 5.73.